The third kappa shape index (κ3) is 0.689. The van der Waals surface area contributed by atoms with Crippen LogP contribution in [0.15, 0.2) is 12.5 Å². The summed E-state index contributed by atoms with van der Waals surface area (Å²) in [6.07, 6.45) is 3.57. The van der Waals surface area contributed by atoms with Gasteiger partial charge >= 0.3 is 0 Å². The molecule has 0 fully saturated rings. The van der Waals surface area contributed by atoms with Crippen molar-refractivity contribution in [2.45, 2.75) is 13.1 Å². The molecule has 1 aliphatic rings. The minimum absolute atomic E-state index is 0.270. The van der Waals surface area contributed by atoms with Gasteiger partial charge in [-0.25, -0.2) is 9.97 Å². The lowest BCUT2D eigenvalue weighted by molar-refractivity contribution is 0.951. The van der Waals surface area contributed by atoms with Crippen molar-refractivity contribution in [1.82, 2.24) is 9.97 Å². The van der Waals surface area contributed by atoms with Gasteiger partial charge in [0.1, 0.15) is 6.33 Å². The molecule has 1 aromatic heterocycles. The number of anilines is 2. The van der Waals surface area contributed by atoms with E-state index < -0.39 is 0 Å². The van der Waals surface area contributed by atoms with Crippen molar-refractivity contribution in [3.05, 3.63) is 12.5 Å². The Bertz CT molecular complexity index is 222. The van der Waals surface area contributed by atoms with E-state index in [-0.39, 0.29) is 6.17 Å². The van der Waals surface area contributed by atoms with E-state index in [0.29, 0.717) is 0 Å². The zero-order valence-corrected chi connectivity index (χ0v) is 5.63. The van der Waals surface area contributed by atoms with Crippen molar-refractivity contribution in [2.75, 3.05) is 10.6 Å². The van der Waals surface area contributed by atoms with Crippen LogP contribution in [0.2, 0.25) is 0 Å². The smallest absolute Gasteiger partial charge is 0.154 e. The van der Waals surface area contributed by atoms with E-state index in [1.54, 1.807) is 6.20 Å². The van der Waals surface area contributed by atoms with Gasteiger partial charge in [0.05, 0.1) is 18.1 Å². The average Bonchev–Trinajstić information content (AvgIpc) is 2.27. The molecule has 0 radical (unpaired) electrons. The van der Waals surface area contributed by atoms with Crippen LogP contribution in [-0.4, -0.2) is 16.1 Å². The summed E-state index contributed by atoms with van der Waals surface area (Å²) in [5.74, 6) is 0.891. The fourth-order valence-corrected chi connectivity index (χ4v) is 1.02. The highest BCUT2D eigenvalue weighted by Crippen LogP contribution is 2.23. The van der Waals surface area contributed by atoms with Crippen LogP contribution in [0.3, 0.4) is 0 Å². The summed E-state index contributed by atoms with van der Waals surface area (Å²) in [6, 6.07) is 0. The van der Waals surface area contributed by atoms with E-state index in [2.05, 4.69) is 20.6 Å². The van der Waals surface area contributed by atoms with Crippen LogP contribution in [0.1, 0.15) is 6.92 Å². The van der Waals surface area contributed by atoms with Crippen LogP contribution < -0.4 is 10.6 Å². The fraction of sp³-hybridized carbons (Fsp3) is 0.333. The fourth-order valence-electron chi connectivity index (χ4n) is 1.02. The highest BCUT2D eigenvalue weighted by atomic mass is 15.2. The van der Waals surface area contributed by atoms with Crippen LogP contribution in [0.4, 0.5) is 11.5 Å². The van der Waals surface area contributed by atoms with E-state index in [1.807, 2.05) is 6.92 Å². The first-order valence-corrected chi connectivity index (χ1v) is 3.19. The first-order chi connectivity index (χ1) is 4.86. The maximum atomic E-state index is 4.02. The van der Waals surface area contributed by atoms with Crippen LogP contribution in [0.25, 0.3) is 0 Å². The largest absolute Gasteiger partial charge is 0.361 e. The van der Waals surface area contributed by atoms with Gasteiger partial charge in [0.25, 0.3) is 0 Å². The standard InChI is InChI=1S/C6H8N4/c1-4-9-5-2-7-3-8-6(5)10-4/h2-4,9H,1H3,(H,7,8,10). The van der Waals surface area contributed by atoms with Gasteiger partial charge in [-0.15, -0.1) is 0 Å². The Balaban J connectivity index is 2.42. The molecule has 0 spiro atoms. The van der Waals surface area contributed by atoms with Gasteiger partial charge in [0.15, 0.2) is 5.82 Å². The first-order valence-electron chi connectivity index (χ1n) is 3.19. The predicted molar refractivity (Wildman–Crippen MR) is 38.7 cm³/mol. The van der Waals surface area contributed by atoms with Crippen LogP contribution in [0, 0.1) is 0 Å². The van der Waals surface area contributed by atoms with Crippen LogP contribution in [0.5, 0.6) is 0 Å². The number of hydrogen-bond acceptors (Lipinski definition) is 4. The molecule has 1 unspecified atom stereocenters. The van der Waals surface area contributed by atoms with Gasteiger partial charge in [-0.1, -0.05) is 0 Å². The summed E-state index contributed by atoms with van der Waals surface area (Å²) in [7, 11) is 0. The maximum absolute atomic E-state index is 4.02. The molecule has 0 saturated carbocycles. The summed E-state index contributed by atoms with van der Waals surface area (Å²) < 4.78 is 0. The predicted octanol–water partition coefficient (Wildman–Crippen LogP) is 0.660. The Kier molecular flexibility index (Phi) is 1.00. The molecule has 4 nitrogen and oxygen atoms in total. The Morgan fingerprint density at radius 2 is 2.40 bits per heavy atom. The molecule has 0 amide bonds. The lowest BCUT2D eigenvalue weighted by atomic mass is 10.5. The molecular weight excluding hydrogens is 128 g/mol. The number of nitrogens with one attached hydrogen (secondary N) is 2. The van der Waals surface area contributed by atoms with Crippen LogP contribution >= 0.6 is 0 Å². The van der Waals surface area contributed by atoms with Crippen molar-refractivity contribution in [3.8, 4) is 0 Å². The molecule has 10 heavy (non-hydrogen) atoms. The normalized spacial score (nSPS) is 21.1. The Morgan fingerprint density at radius 1 is 1.50 bits per heavy atom. The van der Waals surface area contributed by atoms with Crippen LogP contribution in [-0.2, 0) is 0 Å². The number of nitrogens with zero attached hydrogens (tertiary/aromatic N) is 2. The van der Waals surface area contributed by atoms with Gasteiger partial charge in [-0.3, -0.25) is 0 Å². The van der Waals surface area contributed by atoms with Gasteiger partial charge in [0.2, 0.25) is 0 Å². The number of fused-ring (bicyclic) bond motifs is 1. The molecular formula is C6H8N4. The Morgan fingerprint density at radius 3 is 3.20 bits per heavy atom. The quantitative estimate of drug-likeness (QED) is 0.550. The second kappa shape index (κ2) is 1.83. The topological polar surface area (TPSA) is 49.8 Å². The number of aromatic nitrogens is 2. The summed E-state index contributed by atoms with van der Waals surface area (Å²) in [6.45, 7) is 2.03. The molecule has 0 bridgehead atoms. The molecule has 52 valence electrons. The number of hydrogen-bond donors (Lipinski definition) is 2. The van der Waals surface area contributed by atoms with Crippen molar-refractivity contribution in [3.63, 3.8) is 0 Å². The van der Waals surface area contributed by atoms with E-state index >= 15 is 0 Å². The van der Waals surface area contributed by atoms with Crippen molar-refractivity contribution < 1.29 is 0 Å². The Hall–Kier alpha value is -1.32. The molecule has 0 saturated heterocycles. The zero-order valence-electron chi connectivity index (χ0n) is 5.63. The second-order valence-corrected chi connectivity index (χ2v) is 2.30. The van der Waals surface area contributed by atoms with Gasteiger partial charge < -0.3 is 10.6 Å². The van der Waals surface area contributed by atoms with Gasteiger partial charge in [-0.2, -0.15) is 0 Å². The van der Waals surface area contributed by atoms with E-state index in [0.717, 1.165) is 11.5 Å². The second-order valence-electron chi connectivity index (χ2n) is 2.30. The molecule has 0 aromatic carbocycles. The highest BCUT2D eigenvalue weighted by Gasteiger charge is 2.14. The van der Waals surface area contributed by atoms with E-state index in [9.17, 15) is 0 Å². The average molecular weight is 136 g/mol. The van der Waals surface area contributed by atoms with Crippen molar-refractivity contribution in [2.24, 2.45) is 0 Å². The van der Waals surface area contributed by atoms with Crippen molar-refractivity contribution in [1.29, 1.82) is 0 Å². The molecule has 2 rings (SSSR count). The monoisotopic (exact) mass is 136 g/mol. The molecule has 1 aromatic rings. The third-order valence-corrected chi connectivity index (χ3v) is 1.44. The third-order valence-electron chi connectivity index (χ3n) is 1.44. The minimum atomic E-state index is 0.270. The van der Waals surface area contributed by atoms with Gasteiger partial charge in [-0.05, 0) is 6.92 Å². The Labute approximate surface area is 58.7 Å². The molecule has 2 N–H and O–H groups in total. The van der Waals surface area contributed by atoms with Gasteiger partial charge in [0, 0.05) is 0 Å². The molecule has 1 aliphatic heterocycles. The molecule has 4 heteroatoms. The summed E-state index contributed by atoms with van der Waals surface area (Å²) in [5, 5.41) is 6.30. The molecule has 1 atom stereocenters. The van der Waals surface area contributed by atoms with Crippen molar-refractivity contribution >= 4 is 11.5 Å². The summed E-state index contributed by atoms with van der Waals surface area (Å²) >= 11 is 0. The minimum Gasteiger partial charge on any atom is -0.361 e. The number of rotatable bonds is 0. The van der Waals surface area contributed by atoms with E-state index in [1.165, 1.54) is 6.33 Å². The summed E-state index contributed by atoms with van der Waals surface area (Å²) in [4.78, 5) is 7.90. The SMILES string of the molecule is CC1Nc2cncnc2N1. The lowest BCUT2D eigenvalue weighted by Crippen LogP contribution is -2.16. The first kappa shape index (κ1) is 5.46. The molecule has 0 aliphatic carbocycles. The maximum Gasteiger partial charge on any atom is 0.154 e. The zero-order chi connectivity index (χ0) is 6.97. The molecule has 2 heterocycles. The lowest BCUT2D eigenvalue weighted by Gasteiger charge is -2.00. The summed E-state index contributed by atoms with van der Waals surface area (Å²) in [5.41, 5.74) is 0.981. The highest BCUT2D eigenvalue weighted by molar-refractivity contribution is 5.68. The van der Waals surface area contributed by atoms with E-state index in [4.69, 9.17) is 0 Å².